The first-order valence-electron chi connectivity index (χ1n) is 7.12. The minimum Gasteiger partial charge on any atom is -0.325 e. The van der Waals surface area contributed by atoms with Crippen molar-refractivity contribution < 1.29 is 4.39 Å². The van der Waals surface area contributed by atoms with Crippen molar-refractivity contribution in [3.05, 3.63) is 29.8 Å². The molecule has 1 aliphatic carbocycles. The summed E-state index contributed by atoms with van der Waals surface area (Å²) in [5, 5.41) is 3.44. The van der Waals surface area contributed by atoms with Crippen molar-refractivity contribution in [2.75, 3.05) is 13.1 Å². The summed E-state index contributed by atoms with van der Waals surface area (Å²) in [6.07, 6.45) is 2.45. The number of imidazole rings is 1. The molecule has 1 aromatic carbocycles. The average Bonchev–Trinajstić information content (AvgIpc) is 3.03. The van der Waals surface area contributed by atoms with Crippen LogP contribution in [0.1, 0.15) is 37.5 Å². The molecule has 1 saturated carbocycles. The molecule has 0 bridgehead atoms. The number of hydrogen-bond acceptors (Lipinski definition) is 2. The zero-order valence-electron chi connectivity index (χ0n) is 11.1. The Morgan fingerprint density at radius 3 is 2.84 bits per heavy atom. The fourth-order valence-electron chi connectivity index (χ4n) is 3.22. The molecule has 3 nitrogen and oxygen atoms in total. The van der Waals surface area contributed by atoms with Crippen molar-refractivity contribution in [1.82, 2.24) is 14.9 Å². The van der Waals surface area contributed by atoms with E-state index in [1.165, 1.54) is 12.8 Å². The van der Waals surface area contributed by atoms with Crippen molar-refractivity contribution in [2.24, 2.45) is 5.92 Å². The van der Waals surface area contributed by atoms with Crippen molar-refractivity contribution in [1.29, 1.82) is 0 Å². The van der Waals surface area contributed by atoms with Gasteiger partial charge in [0.15, 0.2) is 0 Å². The van der Waals surface area contributed by atoms with Crippen molar-refractivity contribution in [3.63, 3.8) is 0 Å². The number of nitrogens with one attached hydrogen (secondary N) is 1. The standard InChI is InChI=1S/C15H18FN3/c1-9-7-17-8-12(9)15-18-13-6-10(16)2-5-14(13)19(15)11-3-4-11/h2,5-6,9,11-12,17H,3-4,7-8H2,1H3. The number of benzene rings is 1. The van der Waals surface area contributed by atoms with Gasteiger partial charge in [0.2, 0.25) is 0 Å². The van der Waals surface area contributed by atoms with Crippen LogP contribution >= 0.6 is 0 Å². The van der Waals surface area contributed by atoms with E-state index in [1.807, 2.05) is 6.07 Å². The van der Waals surface area contributed by atoms with Gasteiger partial charge in [0.25, 0.3) is 0 Å². The number of halogens is 1. The first-order valence-corrected chi connectivity index (χ1v) is 7.12. The quantitative estimate of drug-likeness (QED) is 0.898. The van der Waals surface area contributed by atoms with Crippen molar-refractivity contribution >= 4 is 11.0 Å². The number of nitrogens with zero attached hydrogens (tertiary/aromatic N) is 2. The Labute approximate surface area is 111 Å². The van der Waals surface area contributed by atoms with Gasteiger partial charge in [-0.15, -0.1) is 0 Å². The summed E-state index contributed by atoms with van der Waals surface area (Å²) in [5.74, 6) is 2.01. The van der Waals surface area contributed by atoms with Gasteiger partial charge in [0.1, 0.15) is 11.6 Å². The second-order valence-electron chi connectivity index (χ2n) is 5.95. The number of fused-ring (bicyclic) bond motifs is 1. The van der Waals surface area contributed by atoms with E-state index in [4.69, 9.17) is 4.98 Å². The molecule has 0 amide bonds. The van der Waals surface area contributed by atoms with Crippen LogP contribution < -0.4 is 5.32 Å². The fourth-order valence-corrected chi connectivity index (χ4v) is 3.22. The van der Waals surface area contributed by atoms with Crippen LogP contribution in [0.25, 0.3) is 11.0 Å². The molecular weight excluding hydrogens is 241 g/mol. The van der Waals surface area contributed by atoms with E-state index >= 15 is 0 Å². The minimum absolute atomic E-state index is 0.197. The first kappa shape index (κ1) is 11.4. The fraction of sp³-hybridized carbons (Fsp3) is 0.533. The lowest BCUT2D eigenvalue weighted by Crippen LogP contribution is -2.14. The van der Waals surface area contributed by atoms with Crippen LogP contribution in [-0.4, -0.2) is 22.6 Å². The lowest BCUT2D eigenvalue weighted by molar-refractivity contribution is 0.519. The summed E-state index contributed by atoms with van der Waals surface area (Å²) in [4.78, 5) is 4.75. The zero-order chi connectivity index (χ0) is 13.0. The van der Waals surface area contributed by atoms with Crippen molar-refractivity contribution in [2.45, 2.75) is 31.7 Å². The third-order valence-corrected chi connectivity index (χ3v) is 4.44. The van der Waals surface area contributed by atoms with Gasteiger partial charge >= 0.3 is 0 Å². The third kappa shape index (κ3) is 1.77. The summed E-state index contributed by atoms with van der Waals surface area (Å²) in [6, 6.07) is 5.57. The highest BCUT2D eigenvalue weighted by Crippen LogP contribution is 2.41. The summed E-state index contributed by atoms with van der Waals surface area (Å²) in [5.41, 5.74) is 1.90. The molecule has 2 aliphatic rings. The normalized spacial score (nSPS) is 27.3. The molecule has 1 aliphatic heterocycles. The van der Waals surface area contributed by atoms with Gasteiger partial charge in [-0.3, -0.25) is 0 Å². The number of hydrogen-bond donors (Lipinski definition) is 1. The molecule has 0 spiro atoms. The van der Waals surface area contributed by atoms with Crippen LogP contribution in [0.2, 0.25) is 0 Å². The maximum absolute atomic E-state index is 13.4. The Morgan fingerprint density at radius 1 is 1.32 bits per heavy atom. The van der Waals surface area contributed by atoms with Crippen LogP contribution in [0, 0.1) is 11.7 Å². The van der Waals surface area contributed by atoms with Gasteiger partial charge < -0.3 is 9.88 Å². The maximum atomic E-state index is 13.4. The summed E-state index contributed by atoms with van der Waals surface area (Å²) in [7, 11) is 0. The van der Waals surface area contributed by atoms with Gasteiger partial charge in [-0.05, 0) is 37.4 Å². The molecule has 2 fully saturated rings. The lowest BCUT2D eigenvalue weighted by Gasteiger charge is -2.16. The SMILES string of the molecule is CC1CNCC1c1nc2cc(F)ccc2n1C1CC1. The number of aromatic nitrogens is 2. The number of rotatable bonds is 2. The van der Waals surface area contributed by atoms with E-state index in [0.717, 1.165) is 29.9 Å². The molecule has 100 valence electrons. The third-order valence-electron chi connectivity index (χ3n) is 4.44. The Balaban J connectivity index is 1.91. The highest BCUT2D eigenvalue weighted by Gasteiger charge is 2.34. The molecular formula is C15H18FN3. The molecule has 4 heteroatoms. The first-order chi connectivity index (χ1) is 9.24. The van der Waals surface area contributed by atoms with Gasteiger partial charge in [0, 0.05) is 24.6 Å². The molecule has 2 aromatic rings. The van der Waals surface area contributed by atoms with Gasteiger partial charge in [-0.25, -0.2) is 9.37 Å². The van der Waals surface area contributed by atoms with Gasteiger partial charge in [-0.1, -0.05) is 6.92 Å². The average molecular weight is 259 g/mol. The van der Waals surface area contributed by atoms with E-state index in [9.17, 15) is 4.39 Å². The molecule has 1 aromatic heterocycles. The second-order valence-corrected chi connectivity index (χ2v) is 5.95. The van der Waals surface area contributed by atoms with Gasteiger partial charge in [-0.2, -0.15) is 0 Å². The van der Waals surface area contributed by atoms with Crippen molar-refractivity contribution in [3.8, 4) is 0 Å². The van der Waals surface area contributed by atoms with Crippen LogP contribution in [0.5, 0.6) is 0 Å². The Hall–Kier alpha value is -1.42. The Kier molecular flexibility index (Phi) is 2.42. The van der Waals surface area contributed by atoms with Crippen LogP contribution in [0.4, 0.5) is 4.39 Å². The monoisotopic (exact) mass is 259 g/mol. The largest absolute Gasteiger partial charge is 0.325 e. The molecule has 4 rings (SSSR count). The molecule has 19 heavy (non-hydrogen) atoms. The van der Waals surface area contributed by atoms with Gasteiger partial charge in [0.05, 0.1) is 11.0 Å². The van der Waals surface area contributed by atoms with E-state index in [-0.39, 0.29) is 5.82 Å². The highest BCUT2D eigenvalue weighted by molar-refractivity contribution is 5.76. The summed E-state index contributed by atoms with van der Waals surface area (Å²) >= 11 is 0. The van der Waals surface area contributed by atoms with E-state index in [2.05, 4.69) is 16.8 Å². The molecule has 0 radical (unpaired) electrons. The predicted molar refractivity (Wildman–Crippen MR) is 72.7 cm³/mol. The lowest BCUT2D eigenvalue weighted by atomic mass is 9.97. The highest BCUT2D eigenvalue weighted by atomic mass is 19.1. The van der Waals surface area contributed by atoms with E-state index in [1.54, 1.807) is 12.1 Å². The Bertz CT molecular complexity index is 630. The second kappa shape index (κ2) is 4.04. The summed E-state index contributed by atoms with van der Waals surface area (Å²) < 4.78 is 15.8. The van der Waals surface area contributed by atoms with E-state index < -0.39 is 0 Å². The molecule has 2 unspecified atom stereocenters. The predicted octanol–water partition coefficient (Wildman–Crippen LogP) is 2.83. The molecule has 1 N–H and O–H groups in total. The Morgan fingerprint density at radius 2 is 2.16 bits per heavy atom. The zero-order valence-corrected chi connectivity index (χ0v) is 11.1. The topological polar surface area (TPSA) is 29.9 Å². The summed E-state index contributed by atoms with van der Waals surface area (Å²) in [6.45, 7) is 4.30. The molecule has 1 saturated heterocycles. The maximum Gasteiger partial charge on any atom is 0.125 e. The van der Waals surface area contributed by atoms with Crippen LogP contribution in [-0.2, 0) is 0 Å². The minimum atomic E-state index is -0.197. The molecule has 2 atom stereocenters. The smallest absolute Gasteiger partial charge is 0.125 e. The molecule has 2 heterocycles. The van der Waals surface area contributed by atoms with E-state index in [0.29, 0.717) is 17.9 Å². The van der Waals surface area contributed by atoms with Crippen LogP contribution in [0.3, 0.4) is 0 Å². The van der Waals surface area contributed by atoms with Crippen LogP contribution in [0.15, 0.2) is 18.2 Å².